The Hall–Kier alpha value is -3.64. The minimum Gasteiger partial charge on any atom is -0.487 e. The fraction of sp³-hybridized carbons (Fsp3) is 0.524. The molecule has 0 bridgehead atoms. The second-order valence-corrected chi connectivity index (χ2v) is 18.6. The summed E-state index contributed by atoms with van der Waals surface area (Å²) in [5.41, 5.74) is 2.49. The van der Waals surface area contributed by atoms with E-state index < -0.39 is 21.8 Å². The predicted molar refractivity (Wildman–Crippen MR) is 234 cm³/mol. The molecule has 2 aromatic heterocycles. The van der Waals surface area contributed by atoms with Crippen molar-refractivity contribution in [3.05, 3.63) is 85.5 Å². The summed E-state index contributed by atoms with van der Waals surface area (Å²) in [5, 5.41) is 2.19. The van der Waals surface area contributed by atoms with Gasteiger partial charge in [-0.3, -0.25) is 4.98 Å². The van der Waals surface area contributed by atoms with Gasteiger partial charge >= 0.3 is 14.5 Å². The topological polar surface area (TPSA) is 90.6 Å². The van der Waals surface area contributed by atoms with Gasteiger partial charge in [0.25, 0.3) is 0 Å². The van der Waals surface area contributed by atoms with Crippen LogP contribution in [0.3, 0.4) is 0 Å². The highest BCUT2D eigenvalue weighted by Gasteiger charge is 2.32. The molecule has 0 radical (unpaired) electrons. The number of nitrogens with zero attached hydrogens (tertiary/aromatic N) is 2. The number of rotatable bonds is 7. The highest BCUT2D eigenvalue weighted by molar-refractivity contribution is 7.75. The van der Waals surface area contributed by atoms with E-state index >= 15 is 0 Å². The van der Waals surface area contributed by atoms with E-state index in [1.165, 1.54) is 35.8 Å². The van der Waals surface area contributed by atoms with Crippen molar-refractivity contribution in [3.63, 3.8) is 0 Å². The number of aromatic nitrogens is 2. The molecule has 2 aromatic carbocycles. The molecule has 21 heteroatoms. The van der Waals surface area contributed by atoms with Crippen LogP contribution < -0.4 is 14.0 Å². The molecular weight excluding hydrogens is 865 g/mol. The van der Waals surface area contributed by atoms with Crippen LogP contribution in [0.4, 0.5) is 34.5 Å². The van der Waals surface area contributed by atoms with Crippen molar-refractivity contribution >= 4 is 32.5 Å². The number of benzene rings is 2. The first kappa shape index (κ1) is 55.5. The number of halogens is 8. The Morgan fingerprint density at radius 1 is 0.492 bits per heavy atom. The molecule has 0 aliphatic carbocycles. The van der Waals surface area contributed by atoms with Crippen molar-refractivity contribution in [1.29, 1.82) is 0 Å². The van der Waals surface area contributed by atoms with Crippen molar-refractivity contribution in [3.8, 4) is 22.6 Å². The van der Waals surface area contributed by atoms with Gasteiger partial charge in [0.05, 0.1) is 97.8 Å². The zero-order valence-corrected chi connectivity index (χ0v) is 37.2. The third-order valence-corrected chi connectivity index (χ3v) is 14.6. The van der Waals surface area contributed by atoms with E-state index in [-0.39, 0.29) is 0 Å². The van der Waals surface area contributed by atoms with Crippen molar-refractivity contribution in [2.24, 2.45) is 0 Å². The van der Waals surface area contributed by atoms with Crippen LogP contribution in [0.2, 0.25) is 0 Å². The van der Waals surface area contributed by atoms with E-state index in [1.807, 2.05) is 36.7 Å². The zero-order valence-electron chi connectivity index (χ0n) is 36.3. The van der Waals surface area contributed by atoms with Crippen LogP contribution in [-0.4, -0.2) is 137 Å². The molecule has 0 spiro atoms. The van der Waals surface area contributed by atoms with Crippen molar-refractivity contribution < 1.29 is 77.0 Å². The molecule has 1 aliphatic heterocycles. The summed E-state index contributed by atoms with van der Waals surface area (Å²) >= 11 is 0. The summed E-state index contributed by atoms with van der Waals surface area (Å²) in [5.74, 6) is 1.39. The molecule has 3 heterocycles. The highest BCUT2D eigenvalue weighted by Crippen LogP contribution is 2.57. The lowest BCUT2D eigenvalue weighted by Gasteiger charge is -2.21. The molecule has 0 unspecified atom stereocenters. The minimum absolute atomic E-state index is 0.422. The zero-order chi connectivity index (χ0) is 46.2. The Balaban J connectivity index is 0.000000375. The van der Waals surface area contributed by atoms with Crippen LogP contribution >= 0.6 is 7.26 Å². The van der Waals surface area contributed by atoms with Gasteiger partial charge < -0.3 is 72.4 Å². The van der Waals surface area contributed by atoms with Crippen LogP contribution in [-0.2, 0) is 35.0 Å². The highest BCUT2D eigenvalue weighted by atomic mass is 31.2. The Bertz CT molecular complexity index is 1660. The molecule has 4 aromatic rings. The van der Waals surface area contributed by atoms with Gasteiger partial charge in [0.1, 0.15) is 19.4 Å². The lowest BCUT2D eigenvalue weighted by Crippen LogP contribution is -2.35. The molecule has 0 fully saturated rings. The summed E-state index contributed by atoms with van der Waals surface area (Å²) in [7, 11) is -12.7. The van der Waals surface area contributed by atoms with Crippen LogP contribution in [0.25, 0.3) is 21.9 Å². The number of pyridine rings is 2. The Labute approximate surface area is 366 Å². The van der Waals surface area contributed by atoms with Crippen LogP contribution in [0, 0.1) is 0 Å². The van der Waals surface area contributed by atoms with Gasteiger partial charge in [-0.05, 0) is 66.9 Å². The summed E-state index contributed by atoms with van der Waals surface area (Å²) < 4.78 is 125. The summed E-state index contributed by atoms with van der Waals surface area (Å²) in [6.45, 7) is 15.3. The average molecular weight is 927 g/mol. The molecule has 0 saturated heterocycles. The van der Waals surface area contributed by atoms with Crippen LogP contribution in [0.15, 0.2) is 85.5 Å². The molecule has 63 heavy (non-hydrogen) atoms. The lowest BCUT2D eigenvalue weighted by molar-refractivity contribution is -0.692. The van der Waals surface area contributed by atoms with Gasteiger partial charge in [-0.15, -0.1) is 0 Å². The first-order valence-electron chi connectivity index (χ1n) is 20.9. The van der Waals surface area contributed by atoms with Crippen LogP contribution in [0.1, 0.15) is 20.8 Å². The van der Waals surface area contributed by atoms with Gasteiger partial charge in [-0.2, -0.15) is 0 Å². The van der Waals surface area contributed by atoms with E-state index in [1.54, 1.807) is 0 Å². The van der Waals surface area contributed by atoms with E-state index in [9.17, 15) is 34.5 Å². The van der Waals surface area contributed by atoms with E-state index in [4.69, 9.17) is 37.9 Å². The Morgan fingerprint density at radius 2 is 0.810 bits per heavy atom. The normalized spacial score (nSPS) is 15.8. The number of hydrogen-bond acceptors (Lipinski definition) is 9. The van der Waals surface area contributed by atoms with E-state index in [0.29, 0.717) is 104 Å². The Kier molecular flexibility index (Phi) is 28.3. The number of fused-ring (bicyclic) bond motifs is 2. The van der Waals surface area contributed by atoms with E-state index in [0.717, 1.165) is 17.3 Å². The molecular formula is C42H61B2F8N2O8P. The SMILES string of the molecule is CC[P+](CC)(CC)CC[n+]1ccc(-c2ccncc2)cc1.F[B-](F)(F)F.F[B-](F)(F)F.c1ccc2cc3c(cc2c1)OCCOCCOCCOCCOCCOCCOCCO3. The van der Waals surface area contributed by atoms with Gasteiger partial charge in [0.2, 0.25) is 0 Å². The lowest BCUT2D eigenvalue weighted by atomic mass is 10.1. The standard InChI is InChI=1S/C24H34O8.C18H27N2P.2BF4/c1-2-4-22-20-24-23(19-21(22)3-1)31-17-15-29-13-11-27-9-7-25-5-6-26-8-10-28-12-14-30-16-18-32-24;1-4-21(5-2,6-3)16-15-20-13-9-18(10-14-20)17-7-11-19-12-8-17;2*2-1(3,4)5/h1-4,19-20H,5-18H2;7-14H,4-6,15-16H2,1-3H3;;/q;+2;2*-1. The molecule has 354 valence electrons. The van der Waals surface area contributed by atoms with Gasteiger partial charge in [0.15, 0.2) is 30.4 Å². The van der Waals surface area contributed by atoms with Gasteiger partial charge in [-0.1, -0.05) is 24.3 Å². The number of ether oxygens (including phenoxy) is 8. The first-order chi connectivity index (χ1) is 30.2. The largest absolute Gasteiger partial charge is 0.673 e. The molecule has 5 rings (SSSR count). The second-order valence-electron chi connectivity index (χ2n) is 13.6. The Morgan fingerprint density at radius 3 is 1.14 bits per heavy atom. The summed E-state index contributed by atoms with van der Waals surface area (Å²) in [4.78, 5) is 4.07. The molecule has 10 nitrogen and oxygen atoms in total. The average Bonchev–Trinajstić information content (AvgIpc) is 3.25. The van der Waals surface area contributed by atoms with Crippen molar-refractivity contribution in [1.82, 2.24) is 4.98 Å². The van der Waals surface area contributed by atoms with Gasteiger partial charge in [-0.25, -0.2) is 4.57 Å². The quantitative estimate of drug-likeness (QED) is 0.0779. The maximum Gasteiger partial charge on any atom is 0.673 e. The number of hydrogen-bond donors (Lipinski definition) is 0. The predicted octanol–water partition coefficient (Wildman–Crippen LogP) is 9.42. The fourth-order valence-electron chi connectivity index (χ4n) is 5.86. The molecule has 0 amide bonds. The molecule has 1 aliphatic rings. The molecule has 0 saturated carbocycles. The number of aryl methyl sites for hydroxylation is 1. The third-order valence-electron chi connectivity index (χ3n) is 9.39. The van der Waals surface area contributed by atoms with Gasteiger partial charge in [0, 0.05) is 31.8 Å². The summed E-state index contributed by atoms with van der Waals surface area (Å²) in [6.07, 6.45) is 13.6. The van der Waals surface area contributed by atoms with Crippen LogP contribution in [0.5, 0.6) is 11.5 Å². The summed E-state index contributed by atoms with van der Waals surface area (Å²) in [6, 6.07) is 20.6. The minimum atomic E-state index is -6.00. The fourth-order valence-corrected chi connectivity index (χ4v) is 8.81. The molecule has 0 atom stereocenters. The second kappa shape index (κ2) is 32.1. The van der Waals surface area contributed by atoms with Crippen molar-refractivity contribution in [2.45, 2.75) is 27.3 Å². The third kappa shape index (κ3) is 28.0. The molecule has 0 N–H and O–H groups in total. The van der Waals surface area contributed by atoms with E-state index in [2.05, 4.69) is 79.1 Å². The maximum atomic E-state index is 9.75. The first-order valence-corrected chi connectivity index (χ1v) is 23.4. The maximum absolute atomic E-state index is 9.75. The smallest absolute Gasteiger partial charge is 0.487 e. The monoisotopic (exact) mass is 926 g/mol. The van der Waals surface area contributed by atoms with Crippen molar-refractivity contribution in [2.75, 3.05) is 117 Å².